The highest BCUT2D eigenvalue weighted by atomic mass is 16.5. The number of para-hydroxylation sites is 1. The average molecular weight is 326 g/mol. The molecule has 2 aromatic rings. The summed E-state index contributed by atoms with van der Waals surface area (Å²) in [6, 6.07) is 18.7. The highest BCUT2D eigenvalue weighted by Gasteiger charge is 2.17. The molecule has 2 rings (SSSR count). The number of carbonyl (C=O) groups is 2. The summed E-state index contributed by atoms with van der Waals surface area (Å²) >= 11 is 0. The number of rotatable bonds is 6. The lowest BCUT2D eigenvalue weighted by molar-refractivity contribution is -0.146. The number of benzene rings is 2. The molecule has 0 aliphatic rings. The zero-order valence-corrected chi connectivity index (χ0v) is 13.9. The Bertz CT molecular complexity index is 657. The normalized spacial score (nSPS) is 10.3. The Labute approximate surface area is 142 Å². The fourth-order valence-corrected chi connectivity index (χ4v) is 2.20. The number of hydrogen-bond donors (Lipinski definition) is 1. The number of ether oxygens (including phenoxy) is 1. The van der Waals surface area contributed by atoms with Crippen LogP contribution in [0.25, 0.3) is 0 Å². The second-order valence-electron chi connectivity index (χ2n) is 5.60. The van der Waals surface area contributed by atoms with Crippen molar-refractivity contribution in [3.05, 3.63) is 66.2 Å². The van der Waals surface area contributed by atoms with Gasteiger partial charge in [-0.2, -0.15) is 0 Å². The number of anilines is 1. The Morgan fingerprint density at radius 2 is 1.58 bits per heavy atom. The molecule has 2 aromatic carbocycles. The van der Waals surface area contributed by atoms with Crippen LogP contribution in [0.4, 0.5) is 10.5 Å². The van der Waals surface area contributed by atoms with Crippen LogP contribution in [0.3, 0.4) is 0 Å². The maximum Gasteiger partial charge on any atom is 0.325 e. The van der Waals surface area contributed by atoms with E-state index in [1.165, 1.54) is 0 Å². The molecule has 5 heteroatoms. The van der Waals surface area contributed by atoms with E-state index in [1.807, 2.05) is 60.7 Å². The summed E-state index contributed by atoms with van der Waals surface area (Å²) in [5.41, 5.74) is 1.76. The SMILES string of the molecule is CC(C)OC(=O)CNC(=O)N(Cc1ccccc1)c1ccccc1. The van der Waals surface area contributed by atoms with Gasteiger partial charge in [0.2, 0.25) is 0 Å². The van der Waals surface area contributed by atoms with Gasteiger partial charge in [-0.15, -0.1) is 0 Å². The molecule has 0 aromatic heterocycles. The third-order valence-electron chi connectivity index (χ3n) is 3.25. The van der Waals surface area contributed by atoms with E-state index in [9.17, 15) is 9.59 Å². The van der Waals surface area contributed by atoms with Crippen LogP contribution in [-0.4, -0.2) is 24.6 Å². The lowest BCUT2D eigenvalue weighted by Gasteiger charge is -2.23. The Balaban J connectivity index is 2.08. The van der Waals surface area contributed by atoms with Crippen molar-refractivity contribution in [1.82, 2.24) is 5.32 Å². The molecule has 2 amide bonds. The van der Waals surface area contributed by atoms with E-state index in [0.717, 1.165) is 11.3 Å². The first kappa shape index (κ1) is 17.5. The summed E-state index contributed by atoms with van der Waals surface area (Å²) in [7, 11) is 0. The molecule has 0 unspecified atom stereocenters. The van der Waals surface area contributed by atoms with Gasteiger partial charge >= 0.3 is 12.0 Å². The second-order valence-corrected chi connectivity index (χ2v) is 5.60. The molecule has 0 fully saturated rings. The summed E-state index contributed by atoms with van der Waals surface area (Å²) in [4.78, 5) is 25.8. The molecule has 0 aliphatic heterocycles. The fraction of sp³-hybridized carbons (Fsp3) is 0.263. The van der Waals surface area contributed by atoms with Crippen LogP contribution >= 0.6 is 0 Å². The minimum atomic E-state index is -0.453. The first-order chi connectivity index (χ1) is 11.6. The predicted octanol–water partition coefficient (Wildman–Crippen LogP) is 3.35. The van der Waals surface area contributed by atoms with E-state index >= 15 is 0 Å². The molecular weight excluding hydrogens is 304 g/mol. The Morgan fingerprint density at radius 3 is 2.17 bits per heavy atom. The Morgan fingerprint density at radius 1 is 1.00 bits per heavy atom. The quantitative estimate of drug-likeness (QED) is 0.828. The van der Waals surface area contributed by atoms with Gasteiger partial charge in [-0.25, -0.2) is 4.79 Å². The molecule has 1 N–H and O–H groups in total. The molecule has 126 valence electrons. The summed E-state index contributed by atoms with van der Waals surface area (Å²) in [5, 5.41) is 2.62. The molecule has 0 bridgehead atoms. The van der Waals surface area contributed by atoms with E-state index in [4.69, 9.17) is 4.74 Å². The average Bonchev–Trinajstić information content (AvgIpc) is 2.58. The predicted molar refractivity (Wildman–Crippen MR) is 93.7 cm³/mol. The summed E-state index contributed by atoms with van der Waals surface area (Å²) in [5.74, 6) is -0.453. The molecule has 0 aliphatic carbocycles. The molecule has 5 nitrogen and oxygen atoms in total. The van der Waals surface area contributed by atoms with Crippen molar-refractivity contribution < 1.29 is 14.3 Å². The monoisotopic (exact) mass is 326 g/mol. The highest BCUT2D eigenvalue weighted by Crippen LogP contribution is 2.17. The zero-order chi connectivity index (χ0) is 17.4. The van der Waals surface area contributed by atoms with Gasteiger partial charge in [0.25, 0.3) is 0 Å². The summed E-state index contributed by atoms with van der Waals surface area (Å²) in [6.07, 6.45) is -0.205. The maximum absolute atomic E-state index is 12.5. The number of nitrogens with one attached hydrogen (secondary N) is 1. The summed E-state index contributed by atoms with van der Waals surface area (Å²) < 4.78 is 5.03. The van der Waals surface area contributed by atoms with E-state index in [1.54, 1.807) is 18.7 Å². The van der Waals surface area contributed by atoms with Crippen LogP contribution in [0.5, 0.6) is 0 Å². The first-order valence-corrected chi connectivity index (χ1v) is 7.90. The largest absolute Gasteiger partial charge is 0.462 e. The summed E-state index contributed by atoms with van der Waals surface area (Å²) in [6.45, 7) is 3.79. The molecule has 0 saturated carbocycles. The van der Waals surface area contributed by atoms with Crippen LogP contribution in [-0.2, 0) is 16.1 Å². The van der Waals surface area contributed by atoms with Gasteiger partial charge in [-0.3, -0.25) is 9.69 Å². The first-order valence-electron chi connectivity index (χ1n) is 7.90. The van der Waals surface area contributed by atoms with Crippen molar-refractivity contribution in [2.24, 2.45) is 0 Å². The molecule has 24 heavy (non-hydrogen) atoms. The van der Waals surface area contributed by atoms with Gasteiger partial charge in [-0.1, -0.05) is 48.5 Å². The van der Waals surface area contributed by atoms with E-state index < -0.39 is 5.97 Å². The lowest BCUT2D eigenvalue weighted by atomic mass is 10.2. The topological polar surface area (TPSA) is 58.6 Å². The fourth-order valence-electron chi connectivity index (χ4n) is 2.20. The smallest absolute Gasteiger partial charge is 0.325 e. The third kappa shape index (κ3) is 5.43. The van der Waals surface area contributed by atoms with Crippen molar-refractivity contribution in [1.29, 1.82) is 0 Å². The van der Waals surface area contributed by atoms with Gasteiger partial charge in [0.1, 0.15) is 6.54 Å². The van der Waals surface area contributed by atoms with Crippen molar-refractivity contribution in [3.8, 4) is 0 Å². The van der Waals surface area contributed by atoms with Crippen molar-refractivity contribution in [2.75, 3.05) is 11.4 Å². The third-order valence-corrected chi connectivity index (χ3v) is 3.25. The minimum absolute atomic E-state index is 0.158. The number of urea groups is 1. The maximum atomic E-state index is 12.5. The number of amides is 2. The van der Waals surface area contributed by atoms with Crippen molar-refractivity contribution >= 4 is 17.7 Å². The number of nitrogens with zero attached hydrogens (tertiary/aromatic N) is 1. The van der Waals surface area contributed by atoms with Crippen LogP contribution in [0.1, 0.15) is 19.4 Å². The molecular formula is C19H22N2O3. The molecule has 0 spiro atoms. The van der Waals surface area contributed by atoms with Gasteiger partial charge in [-0.05, 0) is 31.5 Å². The van der Waals surface area contributed by atoms with Gasteiger partial charge in [0.05, 0.1) is 12.6 Å². The number of carbonyl (C=O) groups excluding carboxylic acids is 2. The van der Waals surface area contributed by atoms with Gasteiger partial charge in [0.15, 0.2) is 0 Å². The Kier molecular flexibility index (Phi) is 6.37. The zero-order valence-electron chi connectivity index (χ0n) is 13.9. The van der Waals surface area contributed by atoms with E-state index in [-0.39, 0.29) is 18.7 Å². The van der Waals surface area contributed by atoms with Crippen molar-refractivity contribution in [3.63, 3.8) is 0 Å². The molecule has 0 atom stereocenters. The Hall–Kier alpha value is -2.82. The number of esters is 1. The number of hydrogen-bond acceptors (Lipinski definition) is 3. The van der Waals surface area contributed by atoms with Crippen LogP contribution < -0.4 is 10.2 Å². The molecule has 0 radical (unpaired) electrons. The standard InChI is InChI=1S/C19H22N2O3/c1-15(2)24-18(22)13-20-19(23)21(17-11-7-4-8-12-17)14-16-9-5-3-6-10-16/h3-12,15H,13-14H2,1-2H3,(H,20,23). The lowest BCUT2D eigenvalue weighted by Crippen LogP contribution is -2.42. The van der Waals surface area contributed by atoms with Crippen molar-refractivity contribution in [2.45, 2.75) is 26.5 Å². The highest BCUT2D eigenvalue weighted by molar-refractivity contribution is 5.93. The van der Waals surface area contributed by atoms with E-state index in [0.29, 0.717) is 6.54 Å². The van der Waals surface area contributed by atoms with Crippen LogP contribution in [0.2, 0.25) is 0 Å². The molecule has 0 saturated heterocycles. The van der Waals surface area contributed by atoms with E-state index in [2.05, 4.69) is 5.32 Å². The minimum Gasteiger partial charge on any atom is -0.462 e. The van der Waals surface area contributed by atoms with Gasteiger partial charge in [0, 0.05) is 5.69 Å². The van der Waals surface area contributed by atoms with Gasteiger partial charge < -0.3 is 10.1 Å². The second kappa shape index (κ2) is 8.72. The van der Waals surface area contributed by atoms with Crippen LogP contribution in [0.15, 0.2) is 60.7 Å². The molecule has 0 heterocycles. The van der Waals surface area contributed by atoms with Crippen LogP contribution in [0, 0.1) is 0 Å².